The minimum Gasteiger partial charge on any atom is -0.456 e. The Hall–Kier alpha value is -2.34. The summed E-state index contributed by atoms with van der Waals surface area (Å²) in [5.41, 5.74) is -3.36. The van der Waals surface area contributed by atoms with Crippen molar-refractivity contribution >= 4 is 25.4 Å². The van der Waals surface area contributed by atoms with Crippen LogP contribution in [0.2, 0.25) is 5.02 Å². The molecule has 6 atom stereocenters. The zero-order valence-corrected chi connectivity index (χ0v) is 21.9. The van der Waals surface area contributed by atoms with Gasteiger partial charge in [-0.1, -0.05) is 37.6 Å². The number of hydrogen-bond acceptors (Lipinski definition) is 9. The van der Waals surface area contributed by atoms with Crippen molar-refractivity contribution in [1.82, 2.24) is 9.55 Å². The van der Waals surface area contributed by atoms with Crippen LogP contribution in [0.5, 0.6) is 0 Å². The average molecular weight is 561 g/mol. The van der Waals surface area contributed by atoms with Crippen LogP contribution in [-0.4, -0.2) is 46.6 Å². The topological polar surface area (TPSA) is 135 Å². The van der Waals surface area contributed by atoms with E-state index in [9.17, 15) is 18.9 Å². The highest BCUT2D eigenvalue weighted by molar-refractivity contribution is 7.48. The lowest BCUT2D eigenvalue weighted by Crippen LogP contribution is -2.46. The SMILES string of the molecule is CC(C)C(=O)O[C@@H]1[C@@H](CO[P@@]2(=O)OCC[C@@H](c3cccc(Cl)c3)O2)O[C@@H](n2ccc(=O)[nH]c2=O)[C@]1(C)F. The summed E-state index contributed by atoms with van der Waals surface area (Å²) in [6.45, 7) is 3.74. The van der Waals surface area contributed by atoms with Gasteiger partial charge in [0.15, 0.2) is 18.0 Å². The van der Waals surface area contributed by atoms with Crippen molar-refractivity contribution in [2.24, 2.45) is 5.92 Å². The first-order valence-electron chi connectivity index (χ1n) is 11.6. The van der Waals surface area contributed by atoms with Gasteiger partial charge < -0.3 is 9.47 Å². The molecule has 2 saturated heterocycles. The first kappa shape index (κ1) is 27.7. The third-order valence-corrected chi connectivity index (χ3v) is 7.71. The fourth-order valence-corrected chi connectivity index (χ4v) is 5.67. The molecule has 1 aromatic heterocycles. The second kappa shape index (κ2) is 10.8. The number of hydrogen-bond donors (Lipinski definition) is 1. The monoisotopic (exact) mass is 560 g/mol. The van der Waals surface area contributed by atoms with Crippen molar-refractivity contribution in [2.75, 3.05) is 13.2 Å². The molecule has 202 valence electrons. The van der Waals surface area contributed by atoms with Crippen LogP contribution >= 0.6 is 19.4 Å². The minimum atomic E-state index is -4.13. The molecule has 0 amide bonds. The molecule has 0 saturated carbocycles. The highest BCUT2D eigenvalue weighted by Crippen LogP contribution is 2.57. The van der Waals surface area contributed by atoms with Crippen molar-refractivity contribution < 1.29 is 36.8 Å². The fraction of sp³-hybridized carbons (Fsp3) is 0.522. The molecular weight excluding hydrogens is 534 g/mol. The van der Waals surface area contributed by atoms with Gasteiger partial charge in [0.05, 0.1) is 25.2 Å². The number of rotatable bonds is 7. The van der Waals surface area contributed by atoms with Gasteiger partial charge in [0.25, 0.3) is 5.56 Å². The number of carbonyl (C=O) groups excluding carboxylic acids is 1. The van der Waals surface area contributed by atoms with E-state index in [2.05, 4.69) is 0 Å². The summed E-state index contributed by atoms with van der Waals surface area (Å²) in [5.74, 6) is -1.30. The van der Waals surface area contributed by atoms with Crippen LogP contribution in [0.15, 0.2) is 46.1 Å². The van der Waals surface area contributed by atoms with E-state index in [0.717, 1.165) is 23.8 Å². The molecule has 2 fully saturated rings. The van der Waals surface area contributed by atoms with Gasteiger partial charge in [0.1, 0.15) is 6.10 Å². The van der Waals surface area contributed by atoms with Gasteiger partial charge >= 0.3 is 19.5 Å². The number of alkyl halides is 1. The maximum atomic E-state index is 16.1. The number of H-pyrrole nitrogens is 1. The van der Waals surface area contributed by atoms with Crippen molar-refractivity contribution in [3.63, 3.8) is 0 Å². The number of esters is 1. The molecule has 14 heteroatoms. The minimum absolute atomic E-state index is 0.0575. The Kier molecular flexibility index (Phi) is 8.08. The van der Waals surface area contributed by atoms with Crippen LogP contribution in [0.4, 0.5) is 4.39 Å². The van der Waals surface area contributed by atoms with E-state index >= 15 is 4.39 Å². The molecule has 11 nitrogen and oxygen atoms in total. The van der Waals surface area contributed by atoms with Crippen molar-refractivity contribution in [2.45, 2.75) is 57.4 Å². The smallest absolute Gasteiger partial charge is 0.456 e. The van der Waals surface area contributed by atoms with E-state index in [1.807, 2.05) is 4.98 Å². The van der Waals surface area contributed by atoms with Crippen LogP contribution in [0.25, 0.3) is 0 Å². The Morgan fingerprint density at radius 1 is 1.35 bits per heavy atom. The van der Waals surface area contributed by atoms with Gasteiger partial charge in [0.2, 0.25) is 0 Å². The molecule has 37 heavy (non-hydrogen) atoms. The first-order chi connectivity index (χ1) is 17.4. The number of nitrogens with one attached hydrogen (secondary N) is 1. The van der Waals surface area contributed by atoms with Crippen LogP contribution in [0.3, 0.4) is 0 Å². The number of aromatic amines is 1. The van der Waals surface area contributed by atoms with E-state index < -0.39 is 67.8 Å². The van der Waals surface area contributed by atoms with Crippen molar-refractivity contribution in [3.05, 3.63) is 68.0 Å². The van der Waals surface area contributed by atoms with Crippen LogP contribution < -0.4 is 11.2 Å². The van der Waals surface area contributed by atoms with Gasteiger partial charge in [-0.05, 0) is 24.6 Å². The highest BCUT2D eigenvalue weighted by Gasteiger charge is 2.59. The molecule has 1 N–H and O–H groups in total. The fourth-order valence-electron chi connectivity index (χ4n) is 4.08. The van der Waals surface area contributed by atoms with Gasteiger partial charge in [-0.25, -0.2) is 13.8 Å². The molecule has 2 aliphatic rings. The van der Waals surface area contributed by atoms with E-state index in [0.29, 0.717) is 17.0 Å². The zero-order valence-electron chi connectivity index (χ0n) is 20.3. The molecule has 0 radical (unpaired) electrons. The number of aromatic nitrogens is 2. The Morgan fingerprint density at radius 3 is 2.78 bits per heavy atom. The second-order valence-corrected chi connectivity index (χ2v) is 11.3. The Bertz CT molecular complexity index is 1310. The van der Waals surface area contributed by atoms with E-state index in [4.69, 9.17) is 34.6 Å². The summed E-state index contributed by atoms with van der Waals surface area (Å²) < 4.78 is 57.7. The van der Waals surface area contributed by atoms with Crippen LogP contribution in [0.1, 0.15) is 45.1 Å². The van der Waals surface area contributed by atoms with Crippen molar-refractivity contribution in [1.29, 1.82) is 0 Å². The Balaban J connectivity index is 1.56. The summed E-state index contributed by atoms with van der Waals surface area (Å²) in [6.07, 6.45) is -3.61. The lowest BCUT2D eigenvalue weighted by Gasteiger charge is -2.30. The second-order valence-electron chi connectivity index (χ2n) is 9.22. The number of carbonyl (C=O) groups is 1. The van der Waals surface area contributed by atoms with Gasteiger partial charge in [-0.3, -0.25) is 32.7 Å². The maximum Gasteiger partial charge on any atom is 0.475 e. The van der Waals surface area contributed by atoms with Gasteiger partial charge in [-0.2, -0.15) is 0 Å². The number of nitrogens with zero attached hydrogens (tertiary/aromatic N) is 1. The number of phosphoric acid groups is 1. The molecule has 0 unspecified atom stereocenters. The van der Waals surface area contributed by atoms with Crippen LogP contribution in [0, 0.1) is 5.92 Å². The third kappa shape index (κ3) is 6.05. The van der Waals surface area contributed by atoms with Gasteiger partial charge in [0, 0.05) is 23.7 Å². The molecule has 0 aliphatic carbocycles. The Labute approximate surface area is 216 Å². The zero-order chi connectivity index (χ0) is 27.0. The molecule has 0 spiro atoms. The number of phosphoric ester groups is 1. The van der Waals surface area contributed by atoms with Crippen molar-refractivity contribution in [3.8, 4) is 0 Å². The molecule has 0 bridgehead atoms. The molecule has 3 heterocycles. The normalized spacial score (nSPS) is 31.9. The quantitative estimate of drug-likeness (QED) is 0.397. The lowest BCUT2D eigenvalue weighted by atomic mass is 9.98. The third-order valence-electron chi connectivity index (χ3n) is 6.00. The summed E-state index contributed by atoms with van der Waals surface area (Å²) >= 11 is 6.05. The number of benzene rings is 1. The van der Waals surface area contributed by atoms with Crippen LogP contribution in [-0.2, 0) is 32.4 Å². The molecular formula is C23H27ClFN2O9P. The summed E-state index contributed by atoms with van der Waals surface area (Å²) in [6, 6.07) is 7.87. The molecule has 2 aromatic rings. The lowest BCUT2D eigenvalue weighted by molar-refractivity contribution is -0.162. The molecule has 4 rings (SSSR count). The maximum absolute atomic E-state index is 16.1. The largest absolute Gasteiger partial charge is 0.475 e. The van der Waals surface area contributed by atoms with E-state index in [-0.39, 0.29) is 6.61 Å². The molecule has 1 aromatic carbocycles. The summed E-state index contributed by atoms with van der Waals surface area (Å²) in [4.78, 5) is 38.2. The number of ether oxygens (including phenoxy) is 2. The highest BCUT2D eigenvalue weighted by atomic mass is 35.5. The van der Waals surface area contributed by atoms with E-state index in [1.165, 1.54) is 0 Å². The number of halogens is 2. The summed E-state index contributed by atoms with van der Waals surface area (Å²) in [5, 5.41) is 0.475. The van der Waals surface area contributed by atoms with E-state index in [1.54, 1.807) is 38.1 Å². The first-order valence-corrected chi connectivity index (χ1v) is 13.4. The molecule has 2 aliphatic heterocycles. The predicted octanol–water partition coefficient (Wildman–Crippen LogP) is 3.69. The summed E-state index contributed by atoms with van der Waals surface area (Å²) in [7, 11) is -4.13. The Morgan fingerprint density at radius 2 is 2.11 bits per heavy atom. The average Bonchev–Trinajstić information content (AvgIpc) is 3.07. The predicted molar refractivity (Wildman–Crippen MR) is 129 cm³/mol. The van der Waals surface area contributed by atoms with Gasteiger partial charge in [-0.15, -0.1) is 0 Å². The standard InChI is InChI=1S/C23H27ClFN2O9P/c1-13(2)20(29)35-19-17(34-21(23(19,3)25)27-9-7-18(28)26-22(27)30)12-33-37(31)32-10-8-16(36-37)14-5-4-6-15(24)11-14/h4-7,9,11,13,16-17,19,21H,8,10,12H2,1-3H3,(H,26,28,30)/t16-,17+,19+,21+,23+,37+/m0/s1.